The van der Waals surface area contributed by atoms with E-state index in [-0.39, 0.29) is 11.4 Å². The molecule has 0 saturated carbocycles. The van der Waals surface area contributed by atoms with Gasteiger partial charge < -0.3 is 9.64 Å². The average Bonchev–Trinajstić information content (AvgIpc) is 3.07. The van der Waals surface area contributed by atoms with Crippen molar-refractivity contribution in [1.29, 1.82) is 0 Å². The molecule has 200 valence electrons. The summed E-state index contributed by atoms with van der Waals surface area (Å²) in [5, 5.41) is 0. The molecule has 6 nitrogen and oxygen atoms in total. The fourth-order valence-corrected chi connectivity index (χ4v) is 6.18. The van der Waals surface area contributed by atoms with Gasteiger partial charge in [-0.15, -0.1) is 0 Å². The molecule has 3 aromatic carbocycles. The van der Waals surface area contributed by atoms with Gasteiger partial charge in [0.1, 0.15) is 5.75 Å². The maximum atomic E-state index is 13.7. The van der Waals surface area contributed by atoms with E-state index in [1.54, 1.807) is 12.1 Å². The van der Waals surface area contributed by atoms with Crippen LogP contribution in [-0.2, 0) is 26.4 Å². The molecule has 0 fully saturated rings. The summed E-state index contributed by atoms with van der Waals surface area (Å²) in [6.07, 6.45) is -3.35. The second kappa shape index (κ2) is 9.83. The first-order valence-electron chi connectivity index (χ1n) is 11.7. The van der Waals surface area contributed by atoms with Crippen LogP contribution in [0.2, 0.25) is 0 Å². The van der Waals surface area contributed by atoms with E-state index in [9.17, 15) is 26.4 Å². The number of methoxy groups -OCH3 is 1. The summed E-state index contributed by atoms with van der Waals surface area (Å²) in [7, 11) is -1.44. The number of halogens is 3. The topological polar surface area (TPSA) is 66.9 Å². The Kier molecular flexibility index (Phi) is 7.05. The quantitative estimate of drug-likeness (QED) is 0.352. The lowest BCUT2D eigenvalue weighted by atomic mass is 9.83. The lowest BCUT2D eigenvalue weighted by molar-refractivity contribution is -0.137. The molecule has 0 unspecified atom stereocenters. The number of sulfonamides is 1. The molecule has 0 spiro atoms. The van der Waals surface area contributed by atoms with Crippen LogP contribution >= 0.6 is 0 Å². The van der Waals surface area contributed by atoms with Crippen molar-refractivity contribution in [3.8, 4) is 5.75 Å². The number of anilines is 2. The van der Waals surface area contributed by atoms with Crippen molar-refractivity contribution >= 4 is 27.2 Å². The third-order valence-electron chi connectivity index (χ3n) is 6.64. The second-order valence-electron chi connectivity index (χ2n) is 9.41. The first-order chi connectivity index (χ1) is 17.8. The molecule has 10 heteroatoms. The van der Waals surface area contributed by atoms with Gasteiger partial charge in [0.2, 0.25) is 0 Å². The van der Waals surface area contributed by atoms with Crippen molar-refractivity contribution in [2.75, 3.05) is 29.9 Å². The molecule has 0 atom stereocenters. The minimum atomic E-state index is -4.74. The van der Waals surface area contributed by atoms with Crippen LogP contribution < -0.4 is 13.9 Å². The third kappa shape index (κ3) is 4.88. The highest BCUT2D eigenvalue weighted by atomic mass is 32.2. The molecule has 1 aliphatic heterocycles. The smallest absolute Gasteiger partial charge is 0.416 e. The third-order valence-corrected chi connectivity index (χ3v) is 8.40. The highest BCUT2D eigenvalue weighted by molar-refractivity contribution is 7.92. The lowest BCUT2D eigenvalue weighted by Gasteiger charge is -2.27. The molecule has 3 aromatic rings. The number of allylic oxidation sites excluding steroid dienone is 1. The van der Waals surface area contributed by atoms with Crippen LogP contribution in [0, 0.1) is 0 Å². The van der Waals surface area contributed by atoms with E-state index in [0.29, 0.717) is 11.8 Å². The zero-order valence-electron chi connectivity index (χ0n) is 21.3. The molecular formula is C28H27F3N2O4S. The highest BCUT2D eigenvalue weighted by Crippen LogP contribution is 2.46. The van der Waals surface area contributed by atoms with Crippen molar-refractivity contribution in [3.63, 3.8) is 0 Å². The number of para-hydroxylation sites is 3. The number of fused-ring (bicyclic) bond motifs is 1. The van der Waals surface area contributed by atoms with E-state index in [1.165, 1.54) is 25.3 Å². The minimum absolute atomic E-state index is 0.0292. The maximum Gasteiger partial charge on any atom is 0.416 e. The van der Waals surface area contributed by atoms with Gasteiger partial charge in [0.25, 0.3) is 10.0 Å². The maximum absolute atomic E-state index is 13.7. The van der Waals surface area contributed by atoms with Crippen LogP contribution in [0.4, 0.5) is 24.5 Å². The molecule has 1 heterocycles. The predicted molar refractivity (Wildman–Crippen MR) is 140 cm³/mol. The number of ketones is 1. The van der Waals surface area contributed by atoms with Gasteiger partial charge in [-0.3, -0.25) is 9.10 Å². The molecule has 4 rings (SSSR count). The van der Waals surface area contributed by atoms with Crippen molar-refractivity contribution < 1.29 is 31.1 Å². The summed E-state index contributed by atoms with van der Waals surface area (Å²) in [6, 6.07) is 17.3. The molecule has 0 aromatic heterocycles. The second-order valence-corrected chi connectivity index (χ2v) is 11.3. The largest absolute Gasteiger partial charge is 0.495 e. The fraction of sp³-hybridized carbons (Fsp3) is 0.250. The van der Waals surface area contributed by atoms with Gasteiger partial charge in [0.05, 0.1) is 29.8 Å². The van der Waals surface area contributed by atoms with Gasteiger partial charge in [-0.25, -0.2) is 8.42 Å². The summed E-state index contributed by atoms with van der Waals surface area (Å²) in [6.45, 7) is 3.28. The number of carbonyl (C=O) groups is 1. The van der Waals surface area contributed by atoms with Crippen LogP contribution in [0.5, 0.6) is 5.75 Å². The van der Waals surface area contributed by atoms with Crippen molar-refractivity contribution in [1.82, 2.24) is 0 Å². The van der Waals surface area contributed by atoms with E-state index in [1.807, 2.05) is 50.1 Å². The SMILES string of the molecule is COc1ccccc1N(CC(=O)/C=C1/N(C)c2ccccc2C1(C)C)S(=O)(=O)c1cccc(C(F)(F)F)c1. The van der Waals surface area contributed by atoms with E-state index < -0.39 is 44.4 Å². The number of hydrogen-bond donors (Lipinski definition) is 0. The molecule has 0 amide bonds. The number of benzene rings is 3. The average molecular weight is 545 g/mol. The number of likely N-dealkylation sites (N-methyl/N-ethyl adjacent to an activating group) is 1. The van der Waals surface area contributed by atoms with Crippen molar-refractivity contribution in [3.05, 3.63) is 95.7 Å². The van der Waals surface area contributed by atoms with Crippen LogP contribution in [0.1, 0.15) is 25.0 Å². The predicted octanol–water partition coefficient (Wildman–Crippen LogP) is 5.79. The summed E-state index contributed by atoms with van der Waals surface area (Å²) >= 11 is 0. The van der Waals surface area contributed by atoms with E-state index >= 15 is 0 Å². The molecular weight excluding hydrogens is 517 g/mol. The van der Waals surface area contributed by atoms with Crippen molar-refractivity contribution in [2.45, 2.75) is 30.3 Å². The number of alkyl halides is 3. The Bertz CT molecular complexity index is 1510. The number of nitrogens with zero attached hydrogens (tertiary/aromatic N) is 2. The zero-order valence-corrected chi connectivity index (χ0v) is 22.1. The Balaban J connectivity index is 1.78. The molecule has 0 aliphatic carbocycles. The van der Waals surface area contributed by atoms with Crippen LogP contribution in [0.25, 0.3) is 0 Å². The van der Waals surface area contributed by atoms with E-state index in [0.717, 1.165) is 33.8 Å². The molecule has 38 heavy (non-hydrogen) atoms. The minimum Gasteiger partial charge on any atom is -0.495 e. The molecule has 0 radical (unpaired) electrons. The number of rotatable bonds is 7. The molecule has 0 N–H and O–H groups in total. The summed E-state index contributed by atoms with van der Waals surface area (Å²) in [4.78, 5) is 14.7. The van der Waals surface area contributed by atoms with E-state index in [4.69, 9.17) is 4.74 Å². The van der Waals surface area contributed by atoms with Gasteiger partial charge >= 0.3 is 6.18 Å². The first kappa shape index (κ1) is 27.3. The van der Waals surface area contributed by atoms with Gasteiger partial charge in [0, 0.05) is 29.9 Å². The fourth-order valence-electron chi connectivity index (χ4n) is 4.69. The van der Waals surface area contributed by atoms with Gasteiger partial charge in [0.15, 0.2) is 5.78 Å². The number of ether oxygens (including phenoxy) is 1. The Labute approximate surface area is 220 Å². The van der Waals surface area contributed by atoms with Crippen molar-refractivity contribution in [2.24, 2.45) is 0 Å². The molecule has 1 aliphatic rings. The van der Waals surface area contributed by atoms with Crippen LogP contribution in [0.3, 0.4) is 0 Å². The summed E-state index contributed by atoms with van der Waals surface area (Å²) in [5.74, 6) is -0.400. The Morgan fingerprint density at radius 2 is 1.68 bits per heavy atom. The van der Waals surface area contributed by atoms with Gasteiger partial charge in [-0.1, -0.05) is 50.2 Å². The highest BCUT2D eigenvalue weighted by Gasteiger charge is 2.39. The zero-order chi connectivity index (χ0) is 27.9. The monoisotopic (exact) mass is 544 g/mol. The Morgan fingerprint density at radius 3 is 2.34 bits per heavy atom. The van der Waals surface area contributed by atoms with Gasteiger partial charge in [-0.2, -0.15) is 13.2 Å². The first-order valence-corrected chi connectivity index (χ1v) is 13.1. The van der Waals surface area contributed by atoms with Crippen LogP contribution in [0.15, 0.2) is 89.5 Å². The van der Waals surface area contributed by atoms with Crippen LogP contribution in [-0.4, -0.2) is 34.9 Å². The summed E-state index contributed by atoms with van der Waals surface area (Å²) in [5.41, 5.74) is 0.992. The Hall–Kier alpha value is -3.79. The Morgan fingerprint density at radius 1 is 1.03 bits per heavy atom. The lowest BCUT2D eigenvalue weighted by Crippen LogP contribution is -2.36. The number of carbonyl (C=O) groups excluding carboxylic acids is 1. The van der Waals surface area contributed by atoms with E-state index in [2.05, 4.69) is 0 Å². The summed E-state index contributed by atoms with van der Waals surface area (Å²) < 4.78 is 73.7. The normalized spacial score (nSPS) is 15.9. The molecule has 0 bridgehead atoms. The van der Waals surface area contributed by atoms with Gasteiger partial charge in [-0.05, 0) is 42.0 Å². The molecule has 0 saturated heterocycles. The number of hydrogen-bond acceptors (Lipinski definition) is 5. The standard InChI is InChI=1S/C28H27F3N2O4S/c1-27(2)22-12-5-6-13-23(22)32(3)26(27)17-20(34)18-33(24-14-7-8-15-25(24)37-4)38(35,36)21-11-9-10-19(16-21)28(29,30)31/h5-17H,18H2,1-4H3/b26-17+.